The van der Waals surface area contributed by atoms with Crippen molar-refractivity contribution in [1.82, 2.24) is 20.2 Å². The maximum absolute atomic E-state index is 5.19. The first kappa shape index (κ1) is 17.5. The average molecular weight is 406 g/mol. The van der Waals surface area contributed by atoms with Crippen molar-refractivity contribution in [2.24, 2.45) is 0 Å². The highest BCUT2D eigenvalue weighted by Crippen LogP contribution is 2.34. The molecule has 0 saturated carbocycles. The number of para-hydroxylation sites is 1. The van der Waals surface area contributed by atoms with Crippen LogP contribution in [0.25, 0.3) is 22.3 Å². The van der Waals surface area contributed by atoms with Crippen LogP contribution in [-0.2, 0) is 0 Å². The Morgan fingerprint density at radius 3 is 2.46 bits per heavy atom. The largest absolute Gasteiger partial charge is 0.356 e. The van der Waals surface area contributed by atoms with Crippen molar-refractivity contribution in [1.29, 1.82) is 0 Å². The molecule has 0 aliphatic carbocycles. The van der Waals surface area contributed by atoms with Gasteiger partial charge in [-0.15, -0.1) is 0 Å². The number of hydrogen-bond acceptors (Lipinski definition) is 6. The summed E-state index contributed by atoms with van der Waals surface area (Å²) >= 11 is 6.79. The first-order valence-corrected chi connectivity index (χ1v) is 10.6. The molecule has 0 bridgehead atoms. The molecule has 2 aromatic carbocycles. The van der Waals surface area contributed by atoms with Crippen LogP contribution < -0.4 is 4.90 Å². The van der Waals surface area contributed by atoms with Gasteiger partial charge in [0.1, 0.15) is 10.8 Å². The van der Waals surface area contributed by atoms with Crippen molar-refractivity contribution >= 4 is 40.3 Å². The Morgan fingerprint density at radius 2 is 1.71 bits per heavy atom. The number of piperidine rings is 1. The van der Waals surface area contributed by atoms with Crippen LogP contribution in [0.2, 0.25) is 0 Å². The van der Waals surface area contributed by atoms with E-state index >= 15 is 0 Å². The molecule has 0 spiro atoms. The average Bonchev–Trinajstić information content (AvgIpc) is 3.20. The first-order valence-electron chi connectivity index (χ1n) is 9.40. The Morgan fingerprint density at radius 1 is 0.964 bits per heavy atom. The smallest absolute Gasteiger partial charge is 0.176 e. The summed E-state index contributed by atoms with van der Waals surface area (Å²) in [6.45, 7) is 1.90. The van der Waals surface area contributed by atoms with Gasteiger partial charge < -0.3 is 4.90 Å². The Kier molecular flexibility index (Phi) is 4.62. The minimum atomic E-state index is 0.468. The minimum Gasteiger partial charge on any atom is -0.356 e. The van der Waals surface area contributed by atoms with Gasteiger partial charge in [-0.1, -0.05) is 53.8 Å². The number of benzene rings is 2. The molecule has 28 heavy (non-hydrogen) atoms. The topological polar surface area (TPSA) is 57.7 Å². The van der Waals surface area contributed by atoms with Gasteiger partial charge in [0.05, 0.1) is 5.52 Å². The van der Waals surface area contributed by atoms with E-state index < -0.39 is 0 Å². The molecule has 0 amide bonds. The molecule has 1 N–H and O–H groups in total. The first-order chi connectivity index (χ1) is 13.8. The van der Waals surface area contributed by atoms with Gasteiger partial charge in [0.15, 0.2) is 9.78 Å². The van der Waals surface area contributed by atoms with Crippen molar-refractivity contribution in [2.75, 3.05) is 18.0 Å². The van der Waals surface area contributed by atoms with E-state index in [1.54, 1.807) is 11.3 Å². The fourth-order valence-corrected chi connectivity index (χ4v) is 4.85. The summed E-state index contributed by atoms with van der Waals surface area (Å²) < 4.78 is 0.756. The number of nitrogens with one attached hydrogen (secondary N) is 1. The highest BCUT2D eigenvalue weighted by molar-refractivity contribution is 7.73. The van der Waals surface area contributed by atoms with Gasteiger partial charge in [0.25, 0.3) is 0 Å². The molecule has 2 aromatic heterocycles. The molecule has 7 heteroatoms. The fourth-order valence-electron chi connectivity index (χ4n) is 3.77. The summed E-state index contributed by atoms with van der Waals surface area (Å²) in [6.07, 6.45) is 2.10. The quantitative estimate of drug-likeness (QED) is 0.475. The number of hydrogen-bond donors (Lipinski definition) is 1. The van der Waals surface area contributed by atoms with Crippen LogP contribution in [0, 0.1) is 3.95 Å². The van der Waals surface area contributed by atoms with Crippen LogP contribution in [-0.4, -0.2) is 33.3 Å². The van der Waals surface area contributed by atoms with Gasteiger partial charge in [-0.3, -0.25) is 5.10 Å². The molecular weight excluding hydrogens is 386 g/mol. The van der Waals surface area contributed by atoms with E-state index in [1.807, 2.05) is 24.3 Å². The van der Waals surface area contributed by atoms with Gasteiger partial charge in [-0.25, -0.2) is 9.97 Å². The normalized spacial score (nSPS) is 15.2. The summed E-state index contributed by atoms with van der Waals surface area (Å²) in [5.41, 5.74) is 2.03. The van der Waals surface area contributed by atoms with Crippen LogP contribution in [0.3, 0.4) is 0 Å². The third-order valence-corrected chi connectivity index (χ3v) is 6.47. The molecule has 5 rings (SSSR count). The summed E-state index contributed by atoms with van der Waals surface area (Å²) in [7, 11) is 0. The second-order valence-electron chi connectivity index (χ2n) is 6.97. The molecule has 0 unspecified atom stereocenters. The fraction of sp³-hybridized carbons (Fsp3) is 0.238. The zero-order chi connectivity index (χ0) is 18.9. The summed E-state index contributed by atoms with van der Waals surface area (Å²) in [5.74, 6) is 2.27. The number of anilines is 1. The van der Waals surface area contributed by atoms with Gasteiger partial charge in [0.2, 0.25) is 0 Å². The van der Waals surface area contributed by atoms with Gasteiger partial charge in [0, 0.05) is 30.0 Å². The second-order valence-corrected chi connectivity index (χ2v) is 8.66. The lowest BCUT2D eigenvalue weighted by Crippen LogP contribution is -2.33. The lowest BCUT2D eigenvalue weighted by atomic mass is 9.97. The molecule has 3 heterocycles. The number of aromatic amines is 1. The minimum absolute atomic E-state index is 0.468. The Balaban J connectivity index is 1.49. The zero-order valence-electron chi connectivity index (χ0n) is 15.2. The third-order valence-electron chi connectivity index (χ3n) is 5.21. The number of nitrogens with zero attached hydrogens (tertiary/aromatic N) is 4. The molecule has 1 saturated heterocycles. The SMILES string of the molecule is S=c1[nH]nc(C2CCN(c3nc(-c4ccccc4)nc4ccccc34)CC2)s1. The number of H-pyrrole nitrogens is 1. The zero-order valence-corrected chi connectivity index (χ0v) is 16.8. The maximum atomic E-state index is 5.19. The molecule has 1 aliphatic rings. The predicted octanol–water partition coefficient (Wildman–Crippen LogP) is 5.19. The predicted molar refractivity (Wildman–Crippen MR) is 116 cm³/mol. The van der Waals surface area contributed by atoms with Crippen molar-refractivity contribution in [3.05, 3.63) is 63.6 Å². The highest BCUT2D eigenvalue weighted by atomic mass is 32.1. The lowest BCUT2D eigenvalue weighted by molar-refractivity contribution is 0.499. The van der Waals surface area contributed by atoms with Crippen molar-refractivity contribution in [3.63, 3.8) is 0 Å². The molecule has 1 fully saturated rings. The van der Waals surface area contributed by atoms with E-state index in [0.717, 1.165) is 63.0 Å². The molecular formula is C21H19N5S2. The third kappa shape index (κ3) is 3.31. The van der Waals surface area contributed by atoms with Crippen molar-refractivity contribution in [3.8, 4) is 11.4 Å². The molecule has 0 radical (unpaired) electrons. The number of aromatic nitrogens is 4. The van der Waals surface area contributed by atoms with E-state index in [1.165, 1.54) is 0 Å². The molecule has 0 atom stereocenters. The highest BCUT2D eigenvalue weighted by Gasteiger charge is 2.25. The second kappa shape index (κ2) is 7.41. The van der Waals surface area contributed by atoms with Crippen LogP contribution in [0.4, 0.5) is 5.82 Å². The van der Waals surface area contributed by atoms with E-state index in [-0.39, 0.29) is 0 Å². The summed E-state index contributed by atoms with van der Waals surface area (Å²) in [6, 6.07) is 18.5. The molecule has 140 valence electrons. The van der Waals surface area contributed by atoms with E-state index in [0.29, 0.717) is 5.92 Å². The van der Waals surface area contributed by atoms with Gasteiger partial charge in [-0.2, -0.15) is 5.10 Å². The van der Waals surface area contributed by atoms with Gasteiger partial charge >= 0.3 is 0 Å². The van der Waals surface area contributed by atoms with Crippen molar-refractivity contribution < 1.29 is 0 Å². The molecule has 5 nitrogen and oxygen atoms in total. The molecule has 4 aromatic rings. The Labute approximate surface area is 172 Å². The standard InChI is InChI=1S/C21H19N5S2/c27-21-25-24-20(28-21)15-10-12-26(13-11-15)19-16-8-4-5-9-17(16)22-18(23-19)14-6-2-1-3-7-14/h1-9,15H,10-13H2,(H,25,27). The summed E-state index contributed by atoms with van der Waals surface area (Å²) in [5, 5.41) is 9.53. The van der Waals surface area contributed by atoms with Crippen LogP contribution in [0.1, 0.15) is 23.8 Å². The summed E-state index contributed by atoms with van der Waals surface area (Å²) in [4.78, 5) is 12.2. The Bertz CT molecular complexity index is 1160. The van der Waals surface area contributed by atoms with Gasteiger partial charge in [-0.05, 0) is 37.2 Å². The van der Waals surface area contributed by atoms with E-state index in [9.17, 15) is 0 Å². The van der Waals surface area contributed by atoms with E-state index in [2.05, 4.69) is 45.4 Å². The van der Waals surface area contributed by atoms with Crippen molar-refractivity contribution in [2.45, 2.75) is 18.8 Å². The molecule has 1 aliphatic heterocycles. The Hall–Kier alpha value is -2.64. The monoisotopic (exact) mass is 405 g/mol. The van der Waals surface area contributed by atoms with Crippen LogP contribution >= 0.6 is 23.6 Å². The lowest BCUT2D eigenvalue weighted by Gasteiger charge is -2.32. The van der Waals surface area contributed by atoms with Crippen LogP contribution in [0.5, 0.6) is 0 Å². The number of rotatable bonds is 3. The maximum Gasteiger partial charge on any atom is 0.176 e. The number of fused-ring (bicyclic) bond motifs is 1. The van der Waals surface area contributed by atoms with Crippen LogP contribution in [0.15, 0.2) is 54.6 Å². The van der Waals surface area contributed by atoms with E-state index in [4.69, 9.17) is 22.2 Å².